The Morgan fingerprint density at radius 3 is 2.42 bits per heavy atom. The summed E-state index contributed by atoms with van der Waals surface area (Å²) in [7, 11) is 4.23. The molecule has 1 fully saturated rings. The molecule has 0 aromatic carbocycles. The van der Waals surface area contributed by atoms with Crippen LogP contribution >= 0.6 is 11.3 Å². The van der Waals surface area contributed by atoms with E-state index in [9.17, 15) is 5.11 Å². The molecule has 0 spiro atoms. The van der Waals surface area contributed by atoms with Crippen LogP contribution in [0.2, 0.25) is 0 Å². The van der Waals surface area contributed by atoms with Crippen molar-refractivity contribution in [3.63, 3.8) is 0 Å². The van der Waals surface area contributed by atoms with E-state index in [-0.39, 0.29) is 11.6 Å². The molecule has 1 heterocycles. The number of aryl methyl sites for hydroxylation is 1. The van der Waals surface area contributed by atoms with Gasteiger partial charge in [-0.05, 0) is 33.9 Å². The third-order valence-corrected chi connectivity index (χ3v) is 5.50. The molecule has 1 aromatic rings. The molecule has 0 amide bonds. The van der Waals surface area contributed by atoms with Crippen LogP contribution in [0.15, 0.2) is 5.38 Å². The zero-order chi connectivity index (χ0) is 13.9. The summed E-state index contributed by atoms with van der Waals surface area (Å²) in [5.41, 5.74) is 1.00. The number of nitrogens with zero attached hydrogens (tertiary/aromatic N) is 2. The Kier molecular flexibility index (Phi) is 4.98. The number of likely N-dealkylation sites (N-methyl/N-ethyl adjacent to an activating group) is 1. The molecule has 1 unspecified atom stereocenters. The van der Waals surface area contributed by atoms with Gasteiger partial charge in [-0.2, -0.15) is 0 Å². The Morgan fingerprint density at radius 1 is 1.32 bits per heavy atom. The van der Waals surface area contributed by atoms with Gasteiger partial charge in [0, 0.05) is 23.0 Å². The van der Waals surface area contributed by atoms with Gasteiger partial charge in [-0.1, -0.05) is 25.7 Å². The van der Waals surface area contributed by atoms with Crippen molar-refractivity contribution in [2.24, 2.45) is 0 Å². The minimum absolute atomic E-state index is 0.0594. The van der Waals surface area contributed by atoms with Gasteiger partial charge in [-0.3, -0.25) is 0 Å². The molecule has 0 saturated heterocycles. The summed E-state index contributed by atoms with van der Waals surface area (Å²) in [5, 5.41) is 13.9. The van der Waals surface area contributed by atoms with Crippen molar-refractivity contribution in [2.45, 2.75) is 63.5 Å². The number of hydrogen-bond acceptors (Lipinski definition) is 4. The number of aromatic nitrogens is 1. The molecule has 1 N–H and O–H groups in total. The Labute approximate surface area is 120 Å². The van der Waals surface area contributed by atoms with Crippen LogP contribution in [-0.2, 0) is 6.42 Å². The third kappa shape index (κ3) is 3.36. The number of aliphatic hydroxyl groups excluding tert-OH is 1. The first-order valence-corrected chi connectivity index (χ1v) is 8.19. The van der Waals surface area contributed by atoms with Gasteiger partial charge in [0.2, 0.25) is 0 Å². The van der Waals surface area contributed by atoms with Crippen LogP contribution in [0, 0.1) is 6.92 Å². The SMILES string of the molecule is Cc1csc(CC(O)C2(N(C)C)CCCCCC2)n1. The highest BCUT2D eigenvalue weighted by Crippen LogP contribution is 2.35. The standard InChI is InChI=1S/C15H26N2OS/c1-12-11-19-14(16-12)10-13(18)15(17(2)3)8-6-4-5-7-9-15/h11,13,18H,4-10H2,1-3H3. The Balaban J connectivity index is 2.13. The fourth-order valence-corrected chi connectivity index (χ4v) is 4.08. The molecular weight excluding hydrogens is 256 g/mol. The van der Waals surface area contributed by atoms with Crippen molar-refractivity contribution in [1.29, 1.82) is 0 Å². The van der Waals surface area contributed by atoms with Crippen LogP contribution in [0.1, 0.15) is 49.2 Å². The normalized spacial score (nSPS) is 21.3. The Hall–Kier alpha value is -0.450. The van der Waals surface area contributed by atoms with Crippen molar-refractivity contribution in [2.75, 3.05) is 14.1 Å². The molecule has 0 aliphatic heterocycles. The number of aliphatic hydroxyl groups is 1. The van der Waals surface area contributed by atoms with Gasteiger partial charge in [0.25, 0.3) is 0 Å². The van der Waals surface area contributed by atoms with Gasteiger partial charge in [0.05, 0.1) is 11.1 Å². The number of thiazole rings is 1. The van der Waals surface area contributed by atoms with Crippen LogP contribution in [0.25, 0.3) is 0 Å². The van der Waals surface area contributed by atoms with Crippen molar-refractivity contribution in [1.82, 2.24) is 9.88 Å². The van der Waals surface area contributed by atoms with Crippen LogP contribution in [0.4, 0.5) is 0 Å². The van der Waals surface area contributed by atoms with Gasteiger partial charge in [-0.25, -0.2) is 4.98 Å². The fraction of sp³-hybridized carbons (Fsp3) is 0.800. The maximum absolute atomic E-state index is 10.8. The summed E-state index contributed by atoms with van der Waals surface area (Å²) in [6.45, 7) is 2.01. The third-order valence-electron chi connectivity index (χ3n) is 4.51. The van der Waals surface area contributed by atoms with E-state index in [0.717, 1.165) is 23.5 Å². The molecule has 1 atom stereocenters. The van der Waals surface area contributed by atoms with Crippen molar-refractivity contribution in [3.8, 4) is 0 Å². The summed E-state index contributed by atoms with van der Waals surface area (Å²) >= 11 is 1.67. The predicted octanol–water partition coefficient (Wildman–Crippen LogP) is 3.01. The maximum atomic E-state index is 10.8. The Morgan fingerprint density at radius 2 is 1.95 bits per heavy atom. The zero-order valence-electron chi connectivity index (χ0n) is 12.4. The first-order chi connectivity index (χ1) is 9.04. The van der Waals surface area contributed by atoms with Gasteiger partial charge in [0.1, 0.15) is 0 Å². The number of hydrogen-bond donors (Lipinski definition) is 1. The lowest BCUT2D eigenvalue weighted by Gasteiger charge is -2.43. The van der Waals surface area contributed by atoms with E-state index in [1.54, 1.807) is 11.3 Å². The highest BCUT2D eigenvalue weighted by Gasteiger charge is 2.40. The molecule has 1 aliphatic carbocycles. The van der Waals surface area contributed by atoms with E-state index in [1.807, 2.05) is 6.92 Å². The summed E-state index contributed by atoms with van der Waals surface area (Å²) in [6.07, 6.45) is 7.65. The summed E-state index contributed by atoms with van der Waals surface area (Å²) in [5.74, 6) is 0. The molecule has 3 nitrogen and oxygen atoms in total. The van der Waals surface area contributed by atoms with Crippen molar-refractivity contribution in [3.05, 3.63) is 16.1 Å². The quantitative estimate of drug-likeness (QED) is 0.862. The molecule has 1 aromatic heterocycles. The van der Waals surface area contributed by atoms with E-state index in [1.165, 1.54) is 25.7 Å². The summed E-state index contributed by atoms with van der Waals surface area (Å²) in [6, 6.07) is 0. The van der Waals surface area contributed by atoms with Crippen LogP contribution in [0.3, 0.4) is 0 Å². The first kappa shape index (κ1) is 14.9. The van der Waals surface area contributed by atoms with E-state index < -0.39 is 0 Å². The fourth-order valence-electron chi connectivity index (χ4n) is 3.27. The molecular formula is C15H26N2OS. The lowest BCUT2D eigenvalue weighted by molar-refractivity contribution is -0.0174. The van der Waals surface area contributed by atoms with Crippen molar-refractivity contribution < 1.29 is 5.11 Å². The second-order valence-corrected chi connectivity index (χ2v) is 6.96. The van der Waals surface area contributed by atoms with Gasteiger partial charge in [0.15, 0.2) is 0 Å². The maximum Gasteiger partial charge on any atom is 0.0954 e. The molecule has 4 heteroatoms. The summed E-state index contributed by atoms with van der Waals surface area (Å²) in [4.78, 5) is 6.75. The smallest absolute Gasteiger partial charge is 0.0954 e. The monoisotopic (exact) mass is 282 g/mol. The predicted molar refractivity (Wildman–Crippen MR) is 80.7 cm³/mol. The molecule has 1 saturated carbocycles. The number of rotatable bonds is 4. The average molecular weight is 282 g/mol. The van der Waals surface area contributed by atoms with E-state index in [2.05, 4.69) is 29.4 Å². The van der Waals surface area contributed by atoms with Gasteiger partial charge < -0.3 is 10.0 Å². The topological polar surface area (TPSA) is 36.4 Å². The van der Waals surface area contributed by atoms with Crippen LogP contribution in [0.5, 0.6) is 0 Å². The van der Waals surface area contributed by atoms with E-state index in [4.69, 9.17) is 0 Å². The molecule has 0 bridgehead atoms. The molecule has 108 valence electrons. The minimum Gasteiger partial charge on any atom is -0.391 e. The van der Waals surface area contributed by atoms with Gasteiger partial charge in [-0.15, -0.1) is 11.3 Å². The van der Waals surface area contributed by atoms with Crippen LogP contribution in [-0.4, -0.2) is 40.7 Å². The lowest BCUT2D eigenvalue weighted by atomic mass is 9.82. The first-order valence-electron chi connectivity index (χ1n) is 7.31. The highest BCUT2D eigenvalue weighted by molar-refractivity contribution is 7.09. The van der Waals surface area contributed by atoms with E-state index in [0.29, 0.717) is 6.42 Å². The highest BCUT2D eigenvalue weighted by atomic mass is 32.1. The van der Waals surface area contributed by atoms with Crippen LogP contribution < -0.4 is 0 Å². The van der Waals surface area contributed by atoms with Gasteiger partial charge >= 0.3 is 0 Å². The summed E-state index contributed by atoms with van der Waals surface area (Å²) < 4.78 is 0. The van der Waals surface area contributed by atoms with Crippen molar-refractivity contribution >= 4 is 11.3 Å². The van der Waals surface area contributed by atoms with E-state index >= 15 is 0 Å². The molecule has 1 aliphatic rings. The molecule has 0 radical (unpaired) electrons. The molecule has 19 heavy (non-hydrogen) atoms. The lowest BCUT2D eigenvalue weighted by Crippen LogP contribution is -2.54. The largest absolute Gasteiger partial charge is 0.391 e. The second-order valence-electron chi connectivity index (χ2n) is 6.01. The Bertz CT molecular complexity index is 395. The second kappa shape index (κ2) is 6.33. The minimum atomic E-state index is -0.314. The zero-order valence-corrected chi connectivity index (χ0v) is 13.2. The molecule has 2 rings (SSSR count). The average Bonchev–Trinajstić information content (AvgIpc) is 2.65.